The molecule has 3 heterocycles. The van der Waals surface area contributed by atoms with Gasteiger partial charge in [-0.1, -0.05) is 6.07 Å². The van der Waals surface area contributed by atoms with Crippen molar-refractivity contribution < 1.29 is 27.1 Å². The number of furan rings is 1. The maximum absolute atomic E-state index is 13.3. The molecule has 176 valence electrons. The van der Waals surface area contributed by atoms with E-state index in [-0.39, 0.29) is 12.2 Å². The number of hydrogen-bond donors (Lipinski definition) is 1. The zero-order valence-electron chi connectivity index (χ0n) is 17.8. The number of rotatable bonds is 8. The Morgan fingerprint density at radius 2 is 1.94 bits per heavy atom. The van der Waals surface area contributed by atoms with Crippen molar-refractivity contribution in [3.8, 4) is 0 Å². The molecule has 0 aliphatic carbocycles. The molecule has 4 rings (SSSR count). The largest absolute Gasteiger partial charge is 0.468 e. The minimum atomic E-state index is -4.51. The Morgan fingerprint density at radius 3 is 2.61 bits per heavy atom. The molecular weight excluding hydrogens is 455 g/mol. The first-order valence-electron chi connectivity index (χ1n) is 10.5. The average Bonchev–Trinajstić information content (AvgIpc) is 3.48. The molecular formula is C23H24F3N3O3S. The first-order valence-corrected chi connectivity index (χ1v) is 11.4. The summed E-state index contributed by atoms with van der Waals surface area (Å²) in [7, 11) is 0. The molecule has 2 aromatic heterocycles. The third-order valence-corrected chi connectivity index (χ3v) is 6.10. The number of hydrogen-bond acceptors (Lipinski definition) is 6. The predicted octanol–water partition coefficient (Wildman–Crippen LogP) is 4.84. The van der Waals surface area contributed by atoms with Crippen LogP contribution < -0.4 is 10.2 Å². The van der Waals surface area contributed by atoms with Crippen molar-refractivity contribution in [2.45, 2.75) is 19.3 Å². The molecule has 1 fully saturated rings. The maximum Gasteiger partial charge on any atom is 0.416 e. The summed E-state index contributed by atoms with van der Waals surface area (Å²) in [6.07, 6.45) is -2.94. The van der Waals surface area contributed by atoms with Crippen LogP contribution in [0.3, 0.4) is 0 Å². The number of thiophene rings is 1. The van der Waals surface area contributed by atoms with Crippen molar-refractivity contribution in [1.82, 2.24) is 4.90 Å². The van der Waals surface area contributed by atoms with Gasteiger partial charge in [0.15, 0.2) is 0 Å². The minimum absolute atomic E-state index is 0.00258. The van der Waals surface area contributed by atoms with E-state index in [1.54, 1.807) is 23.7 Å². The number of nitrogens with one attached hydrogen (secondary N) is 1. The highest BCUT2D eigenvalue weighted by atomic mass is 32.1. The van der Waals surface area contributed by atoms with Crippen molar-refractivity contribution in [3.63, 3.8) is 0 Å². The molecule has 6 nitrogen and oxygen atoms in total. The van der Waals surface area contributed by atoms with Crippen molar-refractivity contribution in [3.05, 3.63) is 70.3 Å². The Morgan fingerprint density at radius 1 is 1.12 bits per heavy atom. The van der Waals surface area contributed by atoms with Crippen molar-refractivity contribution in [1.29, 1.82) is 0 Å². The van der Waals surface area contributed by atoms with E-state index in [4.69, 9.17) is 9.15 Å². The summed E-state index contributed by atoms with van der Waals surface area (Å²) in [5, 5.41) is 4.68. The minimum Gasteiger partial charge on any atom is -0.468 e. The number of carbonyl (C=O) groups is 1. The van der Waals surface area contributed by atoms with Crippen LogP contribution in [0.1, 0.15) is 16.2 Å². The van der Waals surface area contributed by atoms with Gasteiger partial charge >= 0.3 is 6.18 Å². The Labute approximate surface area is 193 Å². The first kappa shape index (κ1) is 23.3. The number of alkyl halides is 3. The summed E-state index contributed by atoms with van der Waals surface area (Å²) in [4.78, 5) is 17.9. The van der Waals surface area contributed by atoms with E-state index in [1.807, 2.05) is 33.4 Å². The smallest absolute Gasteiger partial charge is 0.416 e. The molecule has 1 saturated heterocycles. The molecule has 1 aliphatic heterocycles. The molecule has 3 aromatic rings. The second kappa shape index (κ2) is 10.4. The summed E-state index contributed by atoms with van der Waals surface area (Å²) >= 11 is 1.57. The van der Waals surface area contributed by atoms with Gasteiger partial charge in [-0.15, -0.1) is 11.3 Å². The average molecular weight is 480 g/mol. The normalized spacial score (nSPS) is 14.6. The van der Waals surface area contributed by atoms with E-state index >= 15 is 0 Å². The third-order valence-electron chi connectivity index (χ3n) is 5.24. The lowest BCUT2D eigenvalue weighted by Gasteiger charge is -2.31. The van der Waals surface area contributed by atoms with Gasteiger partial charge in [0.25, 0.3) is 0 Å². The molecule has 0 spiro atoms. The molecule has 0 atom stereocenters. The number of ether oxygens (including phenoxy) is 1. The number of nitrogens with zero attached hydrogens (tertiary/aromatic N) is 2. The van der Waals surface area contributed by atoms with Crippen LogP contribution >= 0.6 is 11.3 Å². The molecule has 10 heteroatoms. The van der Waals surface area contributed by atoms with Gasteiger partial charge < -0.3 is 19.4 Å². The molecule has 1 aliphatic rings. The van der Waals surface area contributed by atoms with E-state index in [0.29, 0.717) is 50.8 Å². The summed E-state index contributed by atoms with van der Waals surface area (Å²) < 4.78 is 50.8. The zero-order chi connectivity index (χ0) is 23.3. The van der Waals surface area contributed by atoms with Gasteiger partial charge in [0, 0.05) is 24.5 Å². The molecule has 1 amide bonds. The number of amides is 1. The number of halogens is 3. The van der Waals surface area contributed by atoms with Gasteiger partial charge in [-0.2, -0.15) is 13.2 Å². The summed E-state index contributed by atoms with van der Waals surface area (Å²) in [6.45, 7) is 2.95. The fraction of sp³-hybridized carbons (Fsp3) is 0.348. The molecule has 0 bridgehead atoms. The van der Waals surface area contributed by atoms with Crippen LogP contribution in [0.25, 0.3) is 0 Å². The molecule has 0 radical (unpaired) electrons. The highest BCUT2D eigenvalue weighted by molar-refractivity contribution is 7.09. The second-order valence-electron chi connectivity index (χ2n) is 7.68. The lowest BCUT2D eigenvalue weighted by atomic mass is 10.1. The van der Waals surface area contributed by atoms with Crippen molar-refractivity contribution >= 4 is 28.6 Å². The zero-order valence-corrected chi connectivity index (χ0v) is 18.6. The molecule has 1 aromatic carbocycles. The van der Waals surface area contributed by atoms with Gasteiger partial charge in [-0.3, -0.25) is 9.69 Å². The summed E-state index contributed by atoms with van der Waals surface area (Å²) in [5.41, 5.74) is -0.109. The number of benzene rings is 1. The third kappa shape index (κ3) is 6.37. The molecule has 1 N–H and O–H groups in total. The fourth-order valence-corrected chi connectivity index (χ4v) is 4.45. The lowest BCUT2D eigenvalue weighted by molar-refractivity contribution is -0.137. The van der Waals surface area contributed by atoms with Crippen molar-refractivity contribution in [2.24, 2.45) is 0 Å². The monoisotopic (exact) mass is 479 g/mol. The highest BCUT2D eigenvalue weighted by Gasteiger charge is 2.32. The molecule has 0 saturated carbocycles. The predicted molar refractivity (Wildman–Crippen MR) is 120 cm³/mol. The van der Waals surface area contributed by atoms with E-state index in [0.717, 1.165) is 17.0 Å². The Kier molecular flexibility index (Phi) is 7.36. The van der Waals surface area contributed by atoms with Gasteiger partial charge in [0.2, 0.25) is 5.91 Å². The lowest BCUT2D eigenvalue weighted by Crippen LogP contribution is -2.37. The Bertz CT molecular complexity index is 997. The van der Waals surface area contributed by atoms with E-state index in [1.165, 1.54) is 6.07 Å². The van der Waals surface area contributed by atoms with Crippen LogP contribution in [-0.2, 0) is 28.8 Å². The SMILES string of the molecule is O=C(CN(Cc1ccco1)Cc1cccs1)Nc1cc(C(F)(F)F)ccc1N1CCOCC1. The topological polar surface area (TPSA) is 58.0 Å². The van der Waals surface area contributed by atoms with Crippen LogP contribution in [0.15, 0.2) is 58.5 Å². The number of morpholine rings is 1. The molecule has 33 heavy (non-hydrogen) atoms. The van der Waals surface area contributed by atoms with Gasteiger partial charge in [0.1, 0.15) is 5.76 Å². The first-order chi connectivity index (χ1) is 15.9. The highest BCUT2D eigenvalue weighted by Crippen LogP contribution is 2.35. The maximum atomic E-state index is 13.3. The van der Waals surface area contributed by atoms with E-state index < -0.39 is 17.6 Å². The summed E-state index contributed by atoms with van der Waals surface area (Å²) in [6, 6.07) is 11.0. The van der Waals surface area contributed by atoms with E-state index in [2.05, 4.69) is 5.32 Å². The quantitative estimate of drug-likeness (QED) is 0.501. The van der Waals surface area contributed by atoms with Crippen LogP contribution in [0.4, 0.5) is 24.5 Å². The summed E-state index contributed by atoms with van der Waals surface area (Å²) in [5.74, 6) is 0.305. The van der Waals surface area contributed by atoms with Gasteiger partial charge in [0.05, 0.1) is 49.5 Å². The van der Waals surface area contributed by atoms with Crippen LogP contribution in [0.2, 0.25) is 0 Å². The van der Waals surface area contributed by atoms with Crippen molar-refractivity contribution in [2.75, 3.05) is 43.1 Å². The molecule has 0 unspecified atom stereocenters. The Hall–Kier alpha value is -2.82. The second-order valence-corrected chi connectivity index (χ2v) is 8.71. The van der Waals surface area contributed by atoms with Crippen LogP contribution in [-0.4, -0.2) is 43.7 Å². The Balaban J connectivity index is 1.53. The van der Waals surface area contributed by atoms with Gasteiger partial charge in [-0.05, 0) is 41.8 Å². The van der Waals surface area contributed by atoms with E-state index in [9.17, 15) is 18.0 Å². The van der Waals surface area contributed by atoms with Crippen LogP contribution in [0.5, 0.6) is 0 Å². The number of carbonyl (C=O) groups excluding carboxylic acids is 1. The van der Waals surface area contributed by atoms with Crippen LogP contribution in [0, 0.1) is 0 Å². The number of anilines is 2. The fourth-order valence-electron chi connectivity index (χ4n) is 3.70. The standard InChI is InChI=1S/C23H24F3N3O3S/c24-23(25,26)17-5-6-21(29-7-10-31-11-8-29)20(13-17)27-22(30)16-28(14-18-3-1-9-32-18)15-19-4-2-12-33-19/h1-6,9,12-13H,7-8,10-11,14-16H2,(H,27,30). The van der Waals surface area contributed by atoms with Gasteiger partial charge in [-0.25, -0.2) is 0 Å².